The molecule has 2 aliphatic heterocycles. The number of carbonyl (C=O) groups excluding carboxylic acids is 1. The topological polar surface area (TPSA) is 55.6 Å². The van der Waals surface area contributed by atoms with Crippen molar-refractivity contribution in [1.29, 1.82) is 0 Å². The fourth-order valence-corrected chi connectivity index (χ4v) is 2.89. The Labute approximate surface area is 125 Å². The number of likely N-dealkylation sites (tertiary alicyclic amines) is 1. The highest BCUT2D eigenvalue weighted by atomic mass is 35.5. The summed E-state index contributed by atoms with van der Waals surface area (Å²) in [6.45, 7) is 4.91. The van der Waals surface area contributed by atoms with Gasteiger partial charge < -0.3 is 15.4 Å². The molecule has 4 nitrogen and oxygen atoms in total. The van der Waals surface area contributed by atoms with E-state index in [0.29, 0.717) is 19.1 Å². The SMILES string of the molecule is CC(N)C1CCN(C(=O)c2ccc3c(c2)COC3)C1.Cl. The van der Waals surface area contributed by atoms with Crippen molar-refractivity contribution in [1.82, 2.24) is 4.90 Å². The molecule has 5 heteroatoms. The summed E-state index contributed by atoms with van der Waals surface area (Å²) in [5, 5.41) is 0. The van der Waals surface area contributed by atoms with E-state index in [1.54, 1.807) is 0 Å². The van der Waals surface area contributed by atoms with Crippen molar-refractivity contribution in [2.24, 2.45) is 11.7 Å². The van der Waals surface area contributed by atoms with Crippen LogP contribution in [-0.4, -0.2) is 29.9 Å². The fourth-order valence-electron chi connectivity index (χ4n) is 2.89. The Kier molecular flexibility index (Phi) is 4.68. The normalized spacial score (nSPS) is 22.3. The molecule has 1 saturated heterocycles. The van der Waals surface area contributed by atoms with Crippen LogP contribution in [0.15, 0.2) is 18.2 Å². The second kappa shape index (κ2) is 6.12. The van der Waals surface area contributed by atoms with Gasteiger partial charge in [0, 0.05) is 24.7 Å². The molecule has 1 aromatic carbocycles. The van der Waals surface area contributed by atoms with E-state index in [-0.39, 0.29) is 24.4 Å². The van der Waals surface area contributed by atoms with Gasteiger partial charge in [0.15, 0.2) is 0 Å². The van der Waals surface area contributed by atoms with Crippen LogP contribution in [0.2, 0.25) is 0 Å². The zero-order valence-corrected chi connectivity index (χ0v) is 12.5. The lowest BCUT2D eigenvalue weighted by Crippen LogP contribution is -2.33. The molecule has 3 rings (SSSR count). The summed E-state index contributed by atoms with van der Waals surface area (Å²) in [7, 11) is 0. The van der Waals surface area contributed by atoms with Crippen molar-refractivity contribution < 1.29 is 9.53 Å². The van der Waals surface area contributed by atoms with Gasteiger partial charge in [-0.2, -0.15) is 0 Å². The number of nitrogens with zero attached hydrogens (tertiary/aromatic N) is 1. The molecule has 2 heterocycles. The van der Waals surface area contributed by atoms with Gasteiger partial charge in [-0.15, -0.1) is 12.4 Å². The maximum absolute atomic E-state index is 12.5. The first-order chi connectivity index (χ1) is 9.15. The Hall–Kier alpha value is -1.10. The number of benzene rings is 1. The summed E-state index contributed by atoms with van der Waals surface area (Å²) in [4.78, 5) is 14.4. The lowest BCUT2D eigenvalue weighted by atomic mass is 10.0. The third-order valence-corrected chi connectivity index (χ3v) is 4.22. The van der Waals surface area contributed by atoms with E-state index in [1.807, 2.05) is 30.0 Å². The number of hydrogen-bond donors (Lipinski definition) is 1. The minimum atomic E-state index is 0. The van der Waals surface area contributed by atoms with Gasteiger partial charge in [0.2, 0.25) is 0 Å². The molecule has 2 aliphatic rings. The zero-order valence-electron chi connectivity index (χ0n) is 11.7. The number of carbonyl (C=O) groups is 1. The Morgan fingerprint density at radius 3 is 2.85 bits per heavy atom. The molecule has 2 atom stereocenters. The summed E-state index contributed by atoms with van der Waals surface area (Å²) in [6.07, 6.45) is 1.01. The third-order valence-electron chi connectivity index (χ3n) is 4.22. The number of hydrogen-bond acceptors (Lipinski definition) is 3. The van der Waals surface area contributed by atoms with Crippen LogP contribution in [0.25, 0.3) is 0 Å². The summed E-state index contributed by atoms with van der Waals surface area (Å²) in [5.41, 5.74) is 9.04. The van der Waals surface area contributed by atoms with Crippen molar-refractivity contribution in [3.05, 3.63) is 34.9 Å². The molecule has 1 amide bonds. The van der Waals surface area contributed by atoms with E-state index in [0.717, 1.165) is 30.6 Å². The van der Waals surface area contributed by atoms with E-state index >= 15 is 0 Å². The summed E-state index contributed by atoms with van der Waals surface area (Å²) >= 11 is 0. The van der Waals surface area contributed by atoms with E-state index in [9.17, 15) is 4.79 Å². The molecule has 2 unspecified atom stereocenters. The van der Waals surface area contributed by atoms with Crippen molar-refractivity contribution >= 4 is 18.3 Å². The number of halogens is 1. The lowest BCUT2D eigenvalue weighted by Gasteiger charge is -2.18. The molecule has 0 spiro atoms. The van der Waals surface area contributed by atoms with Crippen LogP contribution in [0, 0.1) is 5.92 Å². The Morgan fingerprint density at radius 1 is 1.40 bits per heavy atom. The zero-order chi connectivity index (χ0) is 13.4. The van der Waals surface area contributed by atoms with E-state index in [4.69, 9.17) is 10.5 Å². The van der Waals surface area contributed by atoms with Gasteiger partial charge in [-0.05, 0) is 42.5 Å². The first kappa shape index (κ1) is 15.3. The first-order valence-corrected chi connectivity index (χ1v) is 6.89. The molecule has 0 aliphatic carbocycles. The molecule has 0 bridgehead atoms. The molecule has 110 valence electrons. The molecule has 2 N–H and O–H groups in total. The monoisotopic (exact) mass is 296 g/mol. The second-order valence-electron chi connectivity index (χ2n) is 5.64. The van der Waals surface area contributed by atoms with Crippen LogP contribution in [-0.2, 0) is 18.0 Å². The van der Waals surface area contributed by atoms with Crippen LogP contribution in [0.4, 0.5) is 0 Å². The van der Waals surface area contributed by atoms with Crippen LogP contribution < -0.4 is 5.73 Å². The van der Waals surface area contributed by atoms with Crippen LogP contribution >= 0.6 is 12.4 Å². The van der Waals surface area contributed by atoms with Crippen molar-refractivity contribution in [3.63, 3.8) is 0 Å². The number of rotatable bonds is 2. The van der Waals surface area contributed by atoms with Gasteiger partial charge in [0.1, 0.15) is 0 Å². The van der Waals surface area contributed by atoms with Gasteiger partial charge in [0.05, 0.1) is 13.2 Å². The first-order valence-electron chi connectivity index (χ1n) is 6.89. The summed E-state index contributed by atoms with van der Waals surface area (Å²) in [5.74, 6) is 0.555. The molecule has 1 fully saturated rings. The lowest BCUT2D eigenvalue weighted by molar-refractivity contribution is 0.0786. The van der Waals surface area contributed by atoms with Gasteiger partial charge in [-0.3, -0.25) is 4.79 Å². The van der Waals surface area contributed by atoms with Crippen molar-refractivity contribution in [2.45, 2.75) is 32.6 Å². The molecular weight excluding hydrogens is 276 g/mol. The minimum Gasteiger partial charge on any atom is -0.372 e. The van der Waals surface area contributed by atoms with Gasteiger partial charge >= 0.3 is 0 Å². The van der Waals surface area contributed by atoms with Gasteiger partial charge in [-0.1, -0.05) is 6.07 Å². The third kappa shape index (κ3) is 2.82. The van der Waals surface area contributed by atoms with E-state index in [1.165, 1.54) is 5.56 Å². The highest BCUT2D eigenvalue weighted by Crippen LogP contribution is 2.24. The van der Waals surface area contributed by atoms with Gasteiger partial charge in [0.25, 0.3) is 5.91 Å². The predicted octanol–water partition coefficient (Wildman–Crippen LogP) is 1.95. The van der Waals surface area contributed by atoms with Crippen molar-refractivity contribution in [3.8, 4) is 0 Å². The molecule has 20 heavy (non-hydrogen) atoms. The number of amides is 1. The average Bonchev–Trinajstić information content (AvgIpc) is 3.06. The smallest absolute Gasteiger partial charge is 0.253 e. The highest BCUT2D eigenvalue weighted by molar-refractivity contribution is 5.94. The summed E-state index contributed by atoms with van der Waals surface area (Å²) in [6, 6.07) is 6.05. The predicted molar refractivity (Wildman–Crippen MR) is 79.8 cm³/mol. The number of fused-ring (bicyclic) bond motifs is 1. The fraction of sp³-hybridized carbons (Fsp3) is 0.533. The molecule has 1 aromatic rings. The van der Waals surface area contributed by atoms with E-state index in [2.05, 4.69) is 0 Å². The maximum atomic E-state index is 12.5. The largest absolute Gasteiger partial charge is 0.372 e. The van der Waals surface area contributed by atoms with Gasteiger partial charge in [-0.25, -0.2) is 0 Å². The molecule has 0 aromatic heterocycles. The molecular formula is C15H21ClN2O2. The number of nitrogens with two attached hydrogens (primary N) is 1. The standard InChI is InChI=1S/C15H20N2O2.ClH/c1-10(16)12-4-5-17(7-12)15(18)11-2-3-13-8-19-9-14(13)6-11;/h2-3,6,10,12H,4-5,7-9,16H2,1H3;1H. The summed E-state index contributed by atoms with van der Waals surface area (Å²) < 4.78 is 5.38. The van der Waals surface area contributed by atoms with Crippen LogP contribution in [0.5, 0.6) is 0 Å². The quantitative estimate of drug-likeness (QED) is 0.907. The highest BCUT2D eigenvalue weighted by Gasteiger charge is 2.29. The Balaban J connectivity index is 0.00000147. The Morgan fingerprint density at radius 2 is 2.15 bits per heavy atom. The molecule has 0 radical (unpaired) electrons. The van der Waals surface area contributed by atoms with Crippen LogP contribution in [0.3, 0.4) is 0 Å². The maximum Gasteiger partial charge on any atom is 0.253 e. The minimum absolute atomic E-state index is 0. The molecule has 0 saturated carbocycles. The average molecular weight is 297 g/mol. The van der Waals surface area contributed by atoms with Crippen molar-refractivity contribution in [2.75, 3.05) is 13.1 Å². The Bertz CT molecular complexity index is 505. The number of ether oxygens (including phenoxy) is 1. The second-order valence-corrected chi connectivity index (χ2v) is 5.64. The van der Waals surface area contributed by atoms with Crippen LogP contribution in [0.1, 0.15) is 34.8 Å². The van der Waals surface area contributed by atoms with E-state index < -0.39 is 0 Å².